The molecule has 0 aromatic heterocycles. The number of nitrogens with one attached hydrogen (secondary N) is 1. The van der Waals surface area contributed by atoms with Crippen molar-refractivity contribution in [3.63, 3.8) is 0 Å². The third-order valence-corrected chi connectivity index (χ3v) is 3.10. The van der Waals surface area contributed by atoms with Crippen LogP contribution in [-0.2, 0) is 0 Å². The number of anilines is 1. The first-order chi connectivity index (χ1) is 9.63. The summed E-state index contributed by atoms with van der Waals surface area (Å²) in [7, 11) is 0. The molecule has 0 bridgehead atoms. The molecule has 1 amide bonds. The number of para-hydroxylation sites is 1. The van der Waals surface area contributed by atoms with Gasteiger partial charge in [0.05, 0.1) is 11.4 Å². The maximum absolute atomic E-state index is 12.3. The first kappa shape index (κ1) is 13.8. The molecule has 2 rings (SSSR count). The number of benzene rings is 2. The Morgan fingerprint density at radius 2 is 1.65 bits per heavy atom. The van der Waals surface area contributed by atoms with Crippen molar-refractivity contribution in [3.8, 4) is 0 Å². The van der Waals surface area contributed by atoms with Gasteiger partial charge in [0.15, 0.2) is 0 Å². The van der Waals surface area contributed by atoms with Gasteiger partial charge in [-0.1, -0.05) is 41.6 Å². The number of hydrogen-bond donors (Lipinski definition) is 2. The van der Waals surface area contributed by atoms with E-state index in [2.05, 4.69) is 10.5 Å². The Hall–Kier alpha value is -2.62. The van der Waals surface area contributed by atoms with E-state index in [1.165, 1.54) is 0 Å². The van der Waals surface area contributed by atoms with Crippen LogP contribution in [0.5, 0.6) is 0 Å². The number of amides is 1. The Morgan fingerprint density at radius 3 is 2.30 bits per heavy atom. The van der Waals surface area contributed by atoms with Gasteiger partial charge in [-0.25, -0.2) is 0 Å². The zero-order valence-electron chi connectivity index (χ0n) is 11.4. The topological polar surface area (TPSA) is 61.7 Å². The lowest BCUT2D eigenvalue weighted by atomic mass is 10.1. The molecule has 0 aliphatic carbocycles. The predicted molar refractivity (Wildman–Crippen MR) is 79.6 cm³/mol. The summed E-state index contributed by atoms with van der Waals surface area (Å²) in [4.78, 5) is 12.3. The number of aryl methyl sites for hydroxylation is 1. The van der Waals surface area contributed by atoms with E-state index in [4.69, 9.17) is 5.21 Å². The second kappa shape index (κ2) is 6.02. The normalized spacial score (nSPS) is 11.2. The van der Waals surface area contributed by atoms with Crippen molar-refractivity contribution in [2.24, 2.45) is 5.16 Å². The van der Waals surface area contributed by atoms with Crippen molar-refractivity contribution in [3.05, 3.63) is 65.2 Å². The molecule has 4 nitrogen and oxygen atoms in total. The molecular weight excluding hydrogens is 252 g/mol. The lowest BCUT2D eigenvalue weighted by molar-refractivity contribution is 0.102. The molecule has 0 atom stereocenters. The zero-order valence-corrected chi connectivity index (χ0v) is 11.4. The van der Waals surface area contributed by atoms with E-state index in [-0.39, 0.29) is 5.91 Å². The number of nitrogens with zero attached hydrogens (tertiary/aromatic N) is 1. The summed E-state index contributed by atoms with van der Waals surface area (Å²) >= 11 is 0. The molecule has 0 spiro atoms. The number of oxime groups is 1. The van der Waals surface area contributed by atoms with Gasteiger partial charge in [0.1, 0.15) is 0 Å². The van der Waals surface area contributed by atoms with Crippen molar-refractivity contribution in [2.45, 2.75) is 13.8 Å². The van der Waals surface area contributed by atoms with Crippen molar-refractivity contribution in [2.75, 3.05) is 5.32 Å². The second-order valence-corrected chi connectivity index (χ2v) is 4.50. The summed E-state index contributed by atoms with van der Waals surface area (Å²) < 4.78 is 0. The number of rotatable bonds is 3. The molecule has 0 aliphatic rings. The van der Waals surface area contributed by atoms with Gasteiger partial charge in [-0.3, -0.25) is 4.79 Å². The molecule has 0 saturated carbocycles. The molecule has 0 heterocycles. The van der Waals surface area contributed by atoms with Crippen LogP contribution in [0.4, 0.5) is 5.69 Å². The van der Waals surface area contributed by atoms with Crippen LogP contribution in [-0.4, -0.2) is 16.8 Å². The van der Waals surface area contributed by atoms with Crippen LogP contribution >= 0.6 is 0 Å². The summed E-state index contributed by atoms with van der Waals surface area (Å²) in [6, 6.07) is 14.6. The molecule has 0 aliphatic heterocycles. The van der Waals surface area contributed by atoms with Crippen molar-refractivity contribution >= 4 is 17.3 Å². The van der Waals surface area contributed by atoms with E-state index in [0.29, 0.717) is 22.5 Å². The van der Waals surface area contributed by atoms with Gasteiger partial charge in [0, 0.05) is 11.1 Å². The van der Waals surface area contributed by atoms with Gasteiger partial charge in [-0.2, -0.15) is 0 Å². The van der Waals surface area contributed by atoms with Gasteiger partial charge >= 0.3 is 0 Å². The smallest absolute Gasteiger partial charge is 0.255 e. The van der Waals surface area contributed by atoms with E-state index < -0.39 is 0 Å². The number of carbonyl (C=O) groups excluding carboxylic acids is 1. The molecule has 2 N–H and O–H groups in total. The molecule has 0 unspecified atom stereocenters. The van der Waals surface area contributed by atoms with Gasteiger partial charge in [-0.05, 0) is 31.5 Å². The quantitative estimate of drug-likeness (QED) is 0.509. The molecule has 0 fully saturated rings. The minimum absolute atomic E-state index is 0.179. The molecule has 20 heavy (non-hydrogen) atoms. The fourth-order valence-electron chi connectivity index (χ4n) is 1.98. The summed E-state index contributed by atoms with van der Waals surface area (Å²) in [5.41, 5.74) is 3.30. The molecule has 102 valence electrons. The Morgan fingerprint density at radius 1 is 1.05 bits per heavy atom. The van der Waals surface area contributed by atoms with Crippen LogP contribution in [0.3, 0.4) is 0 Å². The minimum atomic E-state index is -0.179. The monoisotopic (exact) mass is 268 g/mol. The van der Waals surface area contributed by atoms with Crippen LogP contribution in [0, 0.1) is 6.92 Å². The SMILES string of the molecule is C/C(=N\O)c1ccccc1NC(=O)c1ccccc1C. The lowest BCUT2D eigenvalue weighted by Gasteiger charge is -2.11. The van der Waals surface area contributed by atoms with Gasteiger partial charge < -0.3 is 10.5 Å². The highest BCUT2D eigenvalue weighted by Gasteiger charge is 2.12. The Balaban J connectivity index is 2.32. The molecule has 0 radical (unpaired) electrons. The Kier molecular flexibility index (Phi) is 4.15. The van der Waals surface area contributed by atoms with E-state index in [1.807, 2.05) is 37.3 Å². The minimum Gasteiger partial charge on any atom is -0.411 e. The van der Waals surface area contributed by atoms with E-state index in [1.54, 1.807) is 25.1 Å². The van der Waals surface area contributed by atoms with Crippen LogP contribution in [0.1, 0.15) is 28.4 Å². The summed E-state index contributed by atoms with van der Waals surface area (Å²) in [6.07, 6.45) is 0. The Labute approximate surface area is 117 Å². The third kappa shape index (κ3) is 2.85. The maximum Gasteiger partial charge on any atom is 0.255 e. The molecule has 2 aromatic rings. The first-order valence-corrected chi connectivity index (χ1v) is 6.28. The van der Waals surface area contributed by atoms with Gasteiger partial charge in [0.25, 0.3) is 5.91 Å². The van der Waals surface area contributed by atoms with E-state index >= 15 is 0 Å². The highest BCUT2D eigenvalue weighted by molar-refractivity contribution is 6.10. The second-order valence-electron chi connectivity index (χ2n) is 4.50. The number of hydrogen-bond acceptors (Lipinski definition) is 3. The van der Waals surface area contributed by atoms with Crippen molar-refractivity contribution in [1.29, 1.82) is 0 Å². The van der Waals surface area contributed by atoms with Crippen LogP contribution in [0.2, 0.25) is 0 Å². The molecule has 2 aromatic carbocycles. The molecule has 0 saturated heterocycles. The maximum atomic E-state index is 12.3. The summed E-state index contributed by atoms with van der Waals surface area (Å²) in [5, 5.41) is 14.9. The molecular formula is C16H16N2O2. The summed E-state index contributed by atoms with van der Waals surface area (Å²) in [5.74, 6) is -0.179. The predicted octanol–water partition coefficient (Wildman–Crippen LogP) is 3.45. The zero-order chi connectivity index (χ0) is 14.5. The molecule has 4 heteroatoms. The van der Waals surface area contributed by atoms with Gasteiger partial charge in [-0.15, -0.1) is 0 Å². The van der Waals surface area contributed by atoms with E-state index in [0.717, 1.165) is 5.56 Å². The van der Waals surface area contributed by atoms with E-state index in [9.17, 15) is 4.79 Å². The lowest BCUT2D eigenvalue weighted by Crippen LogP contribution is -2.15. The standard InChI is InChI=1S/C16H16N2O2/c1-11-7-3-4-8-13(11)16(19)17-15-10-6-5-9-14(15)12(2)18-20/h3-10,20H,1-2H3,(H,17,19)/b18-12+. The first-order valence-electron chi connectivity index (χ1n) is 6.28. The highest BCUT2D eigenvalue weighted by atomic mass is 16.4. The van der Waals surface area contributed by atoms with Crippen LogP contribution in [0.25, 0.3) is 0 Å². The average Bonchev–Trinajstić information content (AvgIpc) is 2.47. The van der Waals surface area contributed by atoms with Gasteiger partial charge in [0.2, 0.25) is 0 Å². The fraction of sp³-hybridized carbons (Fsp3) is 0.125. The fourth-order valence-corrected chi connectivity index (χ4v) is 1.98. The van der Waals surface area contributed by atoms with Crippen molar-refractivity contribution in [1.82, 2.24) is 0 Å². The number of carbonyl (C=O) groups is 1. The van der Waals surface area contributed by atoms with Crippen LogP contribution in [0.15, 0.2) is 53.7 Å². The third-order valence-electron chi connectivity index (χ3n) is 3.10. The van der Waals surface area contributed by atoms with Crippen molar-refractivity contribution < 1.29 is 10.0 Å². The average molecular weight is 268 g/mol. The summed E-state index contributed by atoms with van der Waals surface area (Å²) in [6.45, 7) is 3.57. The highest BCUT2D eigenvalue weighted by Crippen LogP contribution is 2.18. The largest absolute Gasteiger partial charge is 0.411 e. The Bertz CT molecular complexity index is 663. The van der Waals surface area contributed by atoms with Crippen LogP contribution < -0.4 is 5.32 Å².